The molecule has 0 radical (unpaired) electrons. The highest BCUT2D eigenvalue weighted by Crippen LogP contribution is 2.34. The highest BCUT2D eigenvalue weighted by Gasteiger charge is 2.34. The standard InChI is InChI=1S/C23H24ClN3O4S2.C13H14ClNO2/c24-17-3-8-20-16(14-17)2-1-11-27(20)21(9-12-28)23(29)26-18-4-6-19(7-5-18)33(30,31)15-22-25-10-13-32-22;14-10-3-4-11-9(8-10)2-1-6-15(11)12-5-7-17-13(12)16/h3-8,10,13-14,21,28H,1-2,9,11-12,15H2,(H,26,29);3-4,8,12H,1-2,5-7H2/t21-;12-/m00/s1. The molecule has 1 saturated heterocycles. The molecule has 50 heavy (non-hydrogen) atoms. The number of nitrogens with one attached hydrogen (secondary N) is 1. The Labute approximate surface area is 305 Å². The summed E-state index contributed by atoms with van der Waals surface area (Å²) in [4.78, 5) is 33.2. The van der Waals surface area contributed by atoms with Crippen molar-refractivity contribution in [3.05, 3.63) is 98.4 Å². The molecule has 1 aromatic heterocycles. The number of benzene rings is 3. The Morgan fingerprint density at radius 2 is 1.68 bits per heavy atom. The number of esters is 1. The number of aryl methyl sites for hydroxylation is 2. The zero-order chi connectivity index (χ0) is 35.3. The van der Waals surface area contributed by atoms with E-state index in [2.05, 4.69) is 15.2 Å². The molecule has 0 aliphatic carbocycles. The number of hydrogen-bond donors (Lipinski definition) is 2. The van der Waals surface area contributed by atoms with E-state index in [1.807, 2.05) is 35.2 Å². The molecule has 0 unspecified atom stereocenters. The highest BCUT2D eigenvalue weighted by atomic mass is 35.5. The van der Waals surface area contributed by atoms with Gasteiger partial charge in [-0.2, -0.15) is 0 Å². The SMILES string of the molecule is O=C(Nc1ccc(S(=O)(=O)Cc2nccs2)cc1)[C@H](CCO)N1CCCc2cc(Cl)ccc21.O=C1OCC[C@@H]1N1CCCc2cc(Cl)ccc21. The molecule has 14 heteroatoms. The summed E-state index contributed by atoms with van der Waals surface area (Å²) in [5.41, 5.74) is 4.90. The van der Waals surface area contributed by atoms with Gasteiger partial charge < -0.3 is 25.0 Å². The van der Waals surface area contributed by atoms with E-state index in [0.29, 0.717) is 28.9 Å². The quantitative estimate of drug-likeness (QED) is 0.189. The van der Waals surface area contributed by atoms with E-state index in [-0.39, 0.29) is 41.6 Å². The first kappa shape index (κ1) is 36.1. The Hall–Kier alpha value is -3.68. The third kappa shape index (κ3) is 8.43. The molecule has 3 aliphatic rings. The predicted octanol–water partition coefficient (Wildman–Crippen LogP) is 6.32. The summed E-state index contributed by atoms with van der Waals surface area (Å²) in [5, 5.41) is 16.2. The fraction of sp³-hybridized carbons (Fsp3) is 0.361. The van der Waals surface area contributed by atoms with Gasteiger partial charge >= 0.3 is 5.97 Å². The van der Waals surface area contributed by atoms with E-state index in [4.69, 9.17) is 27.9 Å². The molecule has 4 heterocycles. The first-order valence-electron chi connectivity index (χ1n) is 16.5. The average Bonchev–Trinajstić information content (AvgIpc) is 3.78. The van der Waals surface area contributed by atoms with Crippen LogP contribution in [0, 0.1) is 0 Å². The number of cyclic esters (lactones) is 1. The number of rotatable bonds is 9. The van der Waals surface area contributed by atoms with E-state index in [0.717, 1.165) is 60.6 Å². The molecule has 3 aromatic carbocycles. The summed E-state index contributed by atoms with van der Waals surface area (Å²) in [6, 6.07) is 17.0. The maximum absolute atomic E-state index is 13.2. The van der Waals surface area contributed by atoms with Crippen LogP contribution in [0.1, 0.15) is 41.8 Å². The Bertz CT molecular complexity index is 1930. The number of sulfone groups is 1. The van der Waals surface area contributed by atoms with E-state index in [9.17, 15) is 23.1 Å². The van der Waals surface area contributed by atoms with Crippen molar-refractivity contribution in [2.75, 3.05) is 41.4 Å². The largest absolute Gasteiger partial charge is 0.464 e. The first-order chi connectivity index (χ1) is 24.1. The van der Waals surface area contributed by atoms with Crippen LogP contribution in [0.15, 0.2) is 77.1 Å². The minimum atomic E-state index is -3.52. The van der Waals surface area contributed by atoms with Gasteiger partial charge in [-0.25, -0.2) is 18.2 Å². The maximum atomic E-state index is 13.2. The van der Waals surface area contributed by atoms with Crippen molar-refractivity contribution in [2.24, 2.45) is 0 Å². The van der Waals surface area contributed by atoms with Gasteiger partial charge in [0.25, 0.3) is 0 Å². The molecule has 0 bridgehead atoms. The second-order valence-corrected chi connectivity index (χ2v) is 16.2. The number of amides is 1. The molecule has 0 spiro atoms. The van der Waals surface area contributed by atoms with E-state index in [1.54, 1.807) is 29.8 Å². The number of aromatic nitrogens is 1. The summed E-state index contributed by atoms with van der Waals surface area (Å²) in [7, 11) is -3.52. The van der Waals surface area contributed by atoms with Crippen LogP contribution >= 0.6 is 34.5 Å². The molecule has 3 aliphatic heterocycles. The van der Waals surface area contributed by atoms with Gasteiger partial charge in [-0.15, -0.1) is 11.3 Å². The van der Waals surface area contributed by atoms with E-state index >= 15 is 0 Å². The van der Waals surface area contributed by atoms with Crippen molar-refractivity contribution in [2.45, 2.75) is 61.3 Å². The average molecular weight is 758 g/mol. The van der Waals surface area contributed by atoms with Gasteiger partial charge in [-0.3, -0.25) is 4.79 Å². The highest BCUT2D eigenvalue weighted by molar-refractivity contribution is 7.90. The summed E-state index contributed by atoms with van der Waals surface area (Å²) in [6.07, 6.45) is 6.51. The number of fused-ring (bicyclic) bond motifs is 2. The molecule has 0 saturated carbocycles. The van der Waals surface area contributed by atoms with Crippen molar-refractivity contribution in [1.29, 1.82) is 0 Å². The Kier molecular flexibility index (Phi) is 11.6. The lowest BCUT2D eigenvalue weighted by Gasteiger charge is -2.37. The lowest BCUT2D eigenvalue weighted by atomic mass is 9.98. The zero-order valence-electron chi connectivity index (χ0n) is 27.3. The Morgan fingerprint density at radius 3 is 2.32 bits per heavy atom. The molecule has 1 amide bonds. The van der Waals surface area contributed by atoms with Crippen molar-refractivity contribution in [3.63, 3.8) is 0 Å². The van der Waals surface area contributed by atoms with Crippen molar-refractivity contribution < 1.29 is 27.9 Å². The number of aliphatic hydroxyl groups is 1. The molecule has 2 atom stereocenters. The zero-order valence-corrected chi connectivity index (χ0v) is 30.4. The maximum Gasteiger partial charge on any atom is 0.328 e. The van der Waals surface area contributed by atoms with Crippen molar-refractivity contribution in [3.8, 4) is 0 Å². The molecular formula is C36H38Cl2N4O6S2. The molecule has 2 N–H and O–H groups in total. The number of anilines is 3. The number of ether oxygens (including phenoxy) is 1. The van der Waals surface area contributed by atoms with E-state index < -0.39 is 15.9 Å². The van der Waals surface area contributed by atoms with Gasteiger partial charge in [-0.1, -0.05) is 23.2 Å². The minimum absolute atomic E-state index is 0.0900. The van der Waals surface area contributed by atoms with Gasteiger partial charge in [0.1, 0.15) is 22.8 Å². The number of thiazole rings is 1. The summed E-state index contributed by atoms with van der Waals surface area (Å²) in [5.74, 6) is -0.508. The first-order valence-corrected chi connectivity index (χ1v) is 19.8. The van der Waals surface area contributed by atoms with Gasteiger partial charge in [-0.05, 0) is 104 Å². The minimum Gasteiger partial charge on any atom is -0.464 e. The number of carbonyl (C=O) groups excluding carboxylic acids is 2. The van der Waals surface area contributed by atoms with Crippen LogP contribution in [0.4, 0.5) is 17.1 Å². The summed E-state index contributed by atoms with van der Waals surface area (Å²) < 4.78 is 30.3. The van der Waals surface area contributed by atoms with Gasteiger partial charge in [0.15, 0.2) is 9.84 Å². The summed E-state index contributed by atoms with van der Waals surface area (Å²) >= 11 is 13.4. The molecule has 7 rings (SSSR count). The Morgan fingerprint density at radius 1 is 1.00 bits per heavy atom. The number of carbonyl (C=O) groups is 2. The van der Waals surface area contributed by atoms with Crippen molar-refractivity contribution in [1.82, 2.24) is 4.98 Å². The second kappa shape index (κ2) is 16.1. The van der Waals surface area contributed by atoms with Gasteiger partial charge in [0, 0.05) is 64.8 Å². The van der Waals surface area contributed by atoms with Crippen LogP contribution in [0.25, 0.3) is 0 Å². The lowest BCUT2D eigenvalue weighted by molar-refractivity contribution is -0.139. The molecule has 4 aromatic rings. The molecule has 264 valence electrons. The lowest BCUT2D eigenvalue weighted by Crippen LogP contribution is -2.47. The van der Waals surface area contributed by atoms with Crippen LogP contribution in [0.2, 0.25) is 10.0 Å². The smallest absolute Gasteiger partial charge is 0.328 e. The number of halogens is 2. The van der Waals surface area contributed by atoms with Crippen LogP contribution < -0.4 is 15.1 Å². The molecular weight excluding hydrogens is 719 g/mol. The number of nitrogens with zero attached hydrogens (tertiary/aromatic N) is 3. The topological polar surface area (TPSA) is 129 Å². The fourth-order valence-corrected chi connectivity index (χ4v) is 9.34. The molecule has 1 fully saturated rings. The summed E-state index contributed by atoms with van der Waals surface area (Å²) in [6.45, 7) is 2.03. The number of hydrogen-bond acceptors (Lipinski definition) is 10. The number of aliphatic hydroxyl groups excluding tert-OH is 1. The fourth-order valence-electron chi connectivity index (χ4n) is 6.70. The second-order valence-electron chi connectivity index (χ2n) is 12.3. The Balaban J connectivity index is 0.000000212. The third-order valence-corrected chi connectivity index (χ3v) is 12.1. The monoisotopic (exact) mass is 756 g/mol. The van der Waals surface area contributed by atoms with Crippen LogP contribution in [-0.2, 0) is 42.8 Å². The van der Waals surface area contributed by atoms with Crippen molar-refractivity contribution >= 4 is 73.3 Å². The predicted molar refractivity (Wildman–Crippen MR) is 197 cm³/mol. The normalized spacial score (nSPS) is 17.6. The van der Waals surface area contributed by atoms with E-state index in [1.165, 1.54) is 29.0 Å². The van der Waals surface area contributed by atoms with Gasteiger partial charge in [0.2, 0.25) is 5.91 Å². The van der Waals surface area contributed by atoms with Crippen LogP contribution in [0.3, 0.4) is 0 Å². The van der Waals surface area contributed by atoms with Crippen LogP contribution in [0.5, 0.6) is 0 Å². The van der Waals surface area contributed by atoms with Crippen LogP contribution in [-0.4, -0.2) is 68.8 Å². The third-order valence-electron chi connectivity index (χ3n) is 9.04. The molecule has 10 nitrogen and oxygen atoms in total. The van der Waals surface area contributed by atoms with Gasteiger partial charge in [0.05, 0.1) is 11.5 Å².